The van der Waals surface area contributed by atoms with Crippen LogP contribution in [-0.2, 0) is 25.4 Å². The van der Waals surface area contributed by atoms with E-state index in [0.717, 1.165) is 12.2 Å². The van der Waals surface area contributed by atoms with Crippen LogP contribution >= 0.6 is 11.8 Å². The highest BCUT2D eigenvalue weighted by atomic mass is 32.2. The van der Waals surface area contributed by atoms with Gasteiger partial charge in [-0.25, -0.2) is 4.79 Å². The van der Waals surface area contributed by atoms with E-state index >= 15 is 0 Å². The van der Waals surface area contributed by atoms with Crippen LogP contribution in [0.25, 0.3) is 0 Å². The number of carbonyl (C=O) groups is 1. The number of ether oxygens (including phenoxy) is 3. The Labute approximate surface area is 146 Å². The van der Waals surface area contributed by atoms with Gasteiger partial charge in [0, 0.05) is 0 Å². The number of thioether (sulfide) groups is 1. The second-order valence-corrected chi connectivity index (χ2v) is 8.55. The van der Waals surface area contributed by atoms with Crippen molar-refractivity contribution in [1.82, 2.24) is 0 Å². The zero-order chi connectivity index (χ0) is 16.7. The summed E-state index contributed by atoms with van der Waals surface area (Å²) in [6, 6.07) is 10.4. The number of fused-ring (bicyclic) bond motifs is 3. The molecule has 24 heavy (non-hydrogen) atoms. The Bertz CT molecular complexity index is 647. The SMILES string of the molecule is CC(C)COC(=O)COC1=CC2(SC1Cc1ccccc1)C1OC12. The third-order valence-electron chi connectivity index (χ3n) is 4.50. The maximum Gasteiger partial charge on any atom is 0.344 e. The summed E-state index contributed by atoms with van der Waals surface area (Å²) in [5.74, 6) is 0.937. The number of hydrogen-bond acceptors (Lipinski definition) is 5. The van der Waals surface area contributed by atoms with E-state index in [0.29, 0.717) is 24.7 Å². The Balaban J connectivity index is 1.37. The van der Waals surface area contributed by atoms with Gasteiger partial charge in [-0.2, -0.15) is 0 Å². The molecular formula is C19H22O4S. The molecule has 0 amide bonds. The van der Waals surface area contributed by atoms with Crippen LogP contribution in [0.2, 0.25) is 0 Å². The lowest BCUT2D eigenvalue weighted by molar-refractivity contribution is -0.148. The first-order chi connectivity index (χ1) is 11.6. The Hall–Kier alpha value is -1.46. The molecule has 0 radical (unpaired) electrons. The van der Waals surface area contributed by atoms with Gasteiger partial charge in [-0.3, -0.25) is 0 Å². The predicted octanol–water partition coefficient (Wildman–Crippen LogP) is 2.96. The van der Waals surface area contributed by atoms with E-state index in [9.17, 15) is 4.79 Å². The van der Waals surface area contributed by atoms with Gasteiger partial charge in [0.25, 0.3) is 0 Å². The van der Waals surface area contributed by atoms with Crippen molar-refractivity contribution in [2.45, 2.75) is 42.5 Å². The number of hydrogen-bond donors (Lipinski definition) is 0. The van der Waals surface area contributed by atoms with Crippen molar-refractivity contribution in [1.29, 1.82) is 0 Å². The Morgan fingerprint density at radius 3 is 2.67 bits per heavy atom. The molecule has 1 saturated heterocycles. The van der Waals surface area contributed by atoms with Gasteiger partial charge < -0.3 is 14.2 Å². The van der Waals surface area contributed by atoms with Crippen LogP contribution in [0.5, 0.6) is 0 Å². The molecule has 128 valence electrons. The van der Waals surface area contributed by atoms with Crippen LogP contribution in [0.1, 0.15) is 19.4 Å². The van der Waals surface area contributed by atoms with Crippen LogP contribution in [0.15, 0.2) is 42.2 Å². The molecule has 2 fully saturated rings. The van der Waals surface area contributed by atoms with Crippen LogP contribution in [0.3, 0.4) is 0 Å². The summed E-state index contributed by atoms with van der Waals surface area (Å²) in [5, 5.41) is 0.238. The van der Waals surface area contributed by atoms with E-state index in [1.54, 1.807) is 0 Å². The fraction of sp³-hybridized carbons (Fsp3) is 0.526. The molecule has 1 spiro atoms. The normalized spacial score (nSPS) is 32.5. The summed E-state index contributed by atoms with van der Waals surface area (Å²) in [4.78, 5) is 11.8. The quantitative estimate of drug-likeness (QED) is 0.561. The molecule has 3 atom stereocenters. The van der Waals surface area contributed by atoms with E-state index in [1.165, 1.54) is 5.56 Å². The molecule has 4 rings (SSSR count). The molecule has 2 aliphatic heterocycles. The smallest absolute Gasteiger partial charge is 0.344 e. The van der Waals surface area contributed by atoms with Gasteiger partial charge in [0.05, 0.1) is 16.6 Å². The first kappa shape index (κ1) is 16.0. The summed E-state index contributed by atoms with van der Waals surface area (Å²) in [6.45, 7) is 4.45. The average Bonchev–Trinajstić information content (AvgIpc) is 3.45. The average molecular weight is 346 g/mol. The van der Waals surface area contributed by atoms with Gasteiger partial charge in [0.1, 0.15) is 18.0 Å². The lowest BCUT2D eigenvalue weighted by Crippen LogP contribution is -2.18. The van der Waals surface area contributed by atoms with Gasteiger partial charge in [-0.1, -0.05) is 44.2 Å². The minimum absolute atomic E-state index is 0.0172. The number of rotatable bonds is 7. The zero-order valence-corrected chi connectivity index (χ0v) is 14.8. The Morgan fingerprint density at radius 2 is 2.04 bits per heavy atom. The Morgan fingerprint density at radius 1 is 1.29 bits per heavy atom. The van der Waals surface area contributed by atoms with E-state index < -0.39 is 0 Å². The highest BCUT2D eigenvalue weighted by Gasteiger charge is 2.82. The summed E-state index contributed by atoms with van der Waals surface area (Å²) in [6.07, 6.45) is 3.80. The lowest BCUT2D eigenvalue weighted by atomic mass is 10.1. The first-order valence-electron chi connectivity index (χ1n) is 8.47. The fourth-order valence-corrected chi connectivity index (χ4v) is 4.84. The maximum absolute atomic E-state index is 11.8. The predicted molar refractivity (Wildman–Crippen MR) is 92.7 cm³/mol. The highest BCUT2D eigenvalue weighted by molar-refractivity contribution is 8.02. The van der Waals surface area contributed by atoms with Crippen molar-refractivity contribution < 1.29 is 19.0 Å². The maximum atomic E-state index is 11.8. The topological polar surface area (TPSA) is 48.1 Å². The van der Waals surface area contributed by atoms with E-state index in [1.807, 2.05) is 31.7 Å². The van der Waals surface area contributed by atoms with Crippen molar-refractivity contribution in [2.75, 3.05) is 13.2 Å². The van der Waals surface area contributed by atoms with Gasteiger partial charge in [0.15, 0.2) is 6.61 Å². The number of benzene rings is 1. The fourth-order valence-electron chi connectivity index (χ4n) is 3.08. The molecule has 1 aliphatic carbocycles. The van der Waals surface area contributed by atoms with Crippen molar-refractivity contribution in [2.24, 2.45) is 5.92 Å². The lowest BCUT2D eigenvalue weighted by Gasteiger charge is -2.17. The summed E-state index contributed by atoms with van der Waals surface area (Å²) < 4.78 is 16.6. The monoisotopic (exact) mass is 346 g/mol. The third kappa shape index (κ3) is 3.07. The zero-order valence-electron chi connectivity index (χ0n) is 13.9. The second-order valence-electron chi connectivity index (χ2n) is 7.04. The standard InChI is InChI=1S/C19H22O4S/c1-12(2)10-22-16(20)11-21-14-9-19(17-18(19)23-17)24-15(14)8-13-6-4-3-5-7-13/h3-7,9,12,15,17-18H,8,10-11H2,1-2H3. The summed E-state index contributed by atoms with van der Waals surface area (Å²) in [7, 11) is 0. The van der Waals surface area contributed by atoms with Gasteiger partial charge in [-0.05, 0) is 24.0 Å². The van der Waals surface area contributed by atoms with Gasteiger partial charge >= 0.3 is 5.97 Å². The number of carbonyl (C=O) groups excluding carboxylic acids is 1. The molecule has 3 aliphatic rings. The van der Waals surface area contributed by atoms with Crippen LogP contribution in [0, 0.1) is 5.92 Å². The minimum atomic E-state index is -0.300. The Kier molecular flexibility index (Phi) is 4.09. The molecular weight excluding hydrogens is 324 g/mol. The molecule has 2 heterocycles. The van der Waals surface area contributed by atoms with E-state index in [2.05, 4.69) is 30.3 Å². The third-order valence-corrected chi connectivity index (χ3v) is 6.18. The highest BCUT2D eigenvalue weighted by Crippen LogP contribution is 2.70. The summed E-state index contributed by atoms with van der Waals surface area (Å²) in [5.41, 5.74) is 1.28. The minimum Gasteiger partial charge on any atom is -0.485 e. The summed E-state index contributed by atoms with van der Waals surface area (Å²) >= 11 is 1.91. The van der Waals surface area contributed by atoms with Crippen molar-refractivity contribution >= 4 is 17.7 Å². The second kappa shape index (κ2) is 6.12. The molecule has 5 heteroatoms. The molecule has 1 saturated carbocycles. The van der Waals surface area contributed by atoms with E-state index in [-0.39, 0.29) is 22.6 Å². The molecule has 0 N–H and O–H groups in total. The first-order valence-corrected chi connectivity index (χ1v) is 9.35. The van der Waals surface area contributed by atoms with Crippen LogP contribution < -0.4 is 0 Å². The molecule has 1 aromatic rings. The van der Waals surface area contributed by atoms with Crippen molar-refractivity contribution in [3.63, 3.8) is 0 Å². The van der Waals surface area contributed by atoms with E-state index in [4.69, 9.17) is 14.2 Å². The molecule has 3 unspecified atom stereocenters. The van der Waals surface area contributed by atoms with Gasteiger partial charge in [-0.15, -0.1) is 11.8 Å². The largest absolute Gasteiger partial charge is 0.485 e. The molecule has 4 nitrogen and oxygen atoms in total. The van der Waals surface area contributed by atoms with Crippen molar-refractivity contribution in [3.8, 4) is 0 Å². The number of epoxide rings is 1. The van der Waals surface area contributed by atoms with Gasteiger partial charge in [0.2, 0.25) is 0 Å². The van der Waals surface area contributed by atoms with Crippen LogP contribution in [-0.4, -0.2) is 41.4 Å². The molecule has 0 aromatic heterocycles. The van der Waals surface area contributed by atoms with Crippen molar-refractivity contribution in [3.05, 3.63) is 47.7 Å². The number of esters is 1. The molecule has 0 bridgehead atoms. The van der Waals surface area contributed by atoms with Crippen LogP contribution in [0.4, 0.5) is 0 Å². The molecule has 1 aromatic carbocycles.